The third kappa shape index (κ3) is 3.17. The number of hydrogen-bond acceptors (Lipinski definition) is 4. The van der Waals surface area contributed by atoms with Gasteiger partial charge in [-0.05, 0) is 31.0 Å². The summed E-state index contributed by atoms with van der Waals surface area (Å²) in [7, 11) is 3.23. The average Bonchev–Trinajstić information content (AvgIpc) is 3.13. The molecule has 1 aliphatic carbocycles. The number of ether oxygens (including phenoxy) is 2. The molecule has 1 heterocycles. The standard InChI is InChI=1S/C17H22N2O4/c1-9-4-10-5-11(6-13(15(10)23-9)17(21)18-2)16(20)19-14-7-12(14)8-22-3/h5-6,9,12,14H,4,7-8H2,1-3H3,(H,18,21)(H,19,20)/t9?,12-,14?/m0/s1. The van der Waals surface area contributed by atoms with E-state index in [4.69, 9.17) is 9.47 Å². The summed E-state index contributed by atoms with van der Waals surface area (Å²) in [5.41, 5.74) is 1.83. The Labute approximate surface area is 135 Å². The molecule has 3 rings (SSSR count). The van der Waals surface area contributed by atoms with Crippen LogP contribution < -0.4 is 15.4 Å². The van der Waals surface area contributed by atoms with E-state index in [-0.39, 0.29) is 24.0 Å². The van der Waals surface area contributed by atoms with Gasteiger partial charge in [-0.3, -0.25) is 9.59 Å². The van der Waals surface area contributed by atoms with Gasteiger partial charge in [-0.15, -0.1) is 0 Å². The van der Waals surface area contributed by atoms with Gasteiger partial charge >= 0.3 is 0 Å². The number of methoxy groups -OCH3 is 1. The first-order valence-electron chi connectivity index (χ1n) is 7.89. The molecule has 6 heteroatoms. The molecule has 1 aromatic rings. The largest absolute Gasteiger partial charge is 0.489 e. The van der Waals surface area contributed by atoms with E-state index in [0.29, 0.717) is 35.8 Å². The Balaban J connectivity index is 1.81. The first-order valence-corrected chi connectivity index (χ1v) is 7.89. The maximum Gasteiger partial charge on any atom is 0.254 e. The maximum atomic E-state index is 12.5. The zero-order chi connectivity index (χ0) is 16.6. The van der Waals surface area contributed by atoms with Crippen LogP contribution in [0.3, 0.4) is 0 Å². The van der Waals surface area contributed by atoms with E-state index in [1.54, 1.807) is 20.2 Å². The van der Waals surface area contributed by atoms with E-state index in [1.807, 2.05) is 13.0 Å². The summed E-state index contributed by atoms with van der Waals surface area (Å²) in [6, 6.07) is 3.60. The van der Waals surface area contributed by atoms with Gasteiger partial charge in [0.2, 0.25) is 0 Å². The second-order valence-corrected chi connectivity index (χ2v) is 6.25. The molecule has 1 saturated carbocycles. The van der Waals surface area contributed by atoms with Crippen molar-refractivity contribution in [1.82, 2.24) is 10.6 Å². The van der Waals surface area contributed by atoms with Crippen LogP contribution in [0.25, 0.3) is 0 Å². The number of hydrogen-bond donors (Lipinski definition) is 2. The molecule has 2 unspecified atom stereocenters. The highest BCUT2D eigenvalue weighted by atomic mass is 16.5. The number of nitrogens with one attached hydrogen (secondary N) is 2. The fraction of sp³-hybridized carbons (Fsp3) is 0.529. The lowest BCUT2D eigenvalue weighted by molar-refractivity contribution is 0.0945. The van der Waals surface area contributed by atoms with Crippen LogP contribution >= 0.6 is 0 Å². The zero-order valence-corrected chi connectivity index (χ0v) is 13.6. The SMILES string of the molecule is CNC(=O)c1cc(C(=O)NC2C[C@H]2COC)cc2c1OC(C)C2. The van der Waals surface area contributed by atoms with Gasteiger partial charge in [0.1, 0.15) is 11.9 Å². The molecule has 2 N–H and O–H groups in total. The normalized spacial score (nSPS) is 24.6. The first-order chi connectivity index (χ1) is 11.0. The first kappa shape index (κ1) is 15.8. The Morgan fingerprint density at radius 1 is 1.35 bits per heavy atom. The molecule has 6 nitrogen and oxygen atoms in total. The van der Waals surface area contributed by atoms with Crippen molar-refractivity contribution in [3.63, 3.8) is 0 Å². The lowest BCUT2D eigenvalue weighted by Crippen LogP contribution is -2.28. The number of fused-ring (bicyclic) bond motifs is 1. The monoisotopic (exact) mass is 318 g/mol. The number of rotatable bonds is 5. The van der Waals surface area contributed by atoms with Gasteiger partial charge in [0.05, 0.1) is 12.2 Å². The number of carbonyl (C=O) groups excluding carboxylic acids is 2. The van der Waals surface area contributed by atoms with Crippen molar-refractivity contribution in [2.24, 2.45) is 5.92 Å². The van der Waals surface area contributed by atoms with E-state index >= 15 is 0 Å². The highest BCUT2D eigenvalue weighted by molar-refractivity contribution is 6.02. The van der Waals surface area contributed by atoms with Crippen molar-refractivity contribution < 1.29 is 19.1 Å². The molecule has 3 atom stereocenters. The molecule has 2 amide bonds. The Hall–Kier alpha value is -2.08. The van der Waals surface area contributed by atoms with Crippen molar-refractivity contribution in [3.8, 4) is 5.75 Å². The minimum atomic E-state index is -0.242. The predicted octanol–water partition coefficient (Wildman–Crippen LogP) is 1.13. The van der Waals surface area contributed by atoms with Gasteiger partial charge in [-0.1, -0.05) is 0 Å². The van der Waals surface area contributed by atoms with Gasteiger partial charge in [0, 0.05) is 38.1 Å². The summed E-state index contributed by atoms with van der Waals surface area (Å²) >= 11 is 0. The van der Waals surface area contributed by atoms with E-state index in [2.05, 4.69) is 10.6 Å². The molecule has 1 aliphatic heterocycles. The average molecular weight is 318 g/mol. The third-order valence-electron chi connectivity index (χ3n) is 4.35. The summed E-state index contributed by atoms with van der Waals surface area (Å²) in [5.74, 6) is 0.590. The van der Waals surface area contributed by atoms with Crippen molar-refractivity contribution in [1.29, 1.82) is 0 Å². The zero-order valence-electron chi connectivity index (χ0n) is 13.6. The van der Waals surface area contributed by atoms with Crippen LogP contribution in [0.2, 0.25) is 0 Å². The van der Waals surface area contributed by atoms with Crippen LogP contribution in [0, 0.1) is 5.92 Å². The molecular weight excluding hydrogens is 296 g/mol. The van der Waals surface area contributed by atoms with E-state index < -0.39 is 0 Å². The second-order valence-electron chi connectivity index (χ2n) is 6.25. The van der Waals surface area contributed by atoms with Gasteiger partial charge < -0.3 is 20.1 Å². The molecule has 0 aromatic heterocycles. The van der Waals surface area contributed by atoms with Crippen molar-refractivity contribution in [3.05, 3.63) is 28.8 Å². The fourth-order valence-electron chi connectivity index (χ4n) is 3.04. The Bertz CT molecular complexity index is 644. The molecule has 1 aromatic carbocycles. The molecule has 1 fully saturated rings. The summed E-state index contributed by atoms with van der Waals surface area (Å²) in [5, 5.41) is 5.60. The molecule has 2 aliphatic rings. The summed E-state index contributed by atoms with van der Waals surface area (Å²) in [6.07, 6.45) is 1.66. The van der Waals surface area contributed by atoms with Crippen LogP contribution in [0.1, 0.15) is 39.6 Å². The van der Waals surface area contributed by atoms with Crippen molar-refractivity contribution in [2.75, 3.05) is 20.8 Å². The Morgan fingerprint density at radius 3 is 2.83 bits per heavy atom. The van der Waals surface area contributed by atoms with E-state index in [1.165, 1.54) is 0 Å². The fourth-order valence-corrected chi connectivity index (χ4v) is 3.04. The molecular formula is C17H22N2O4. The summed E-state index contributed by atoms with van der Waals surface area (Å²) in [6.45, 7) is 2.61. The third-order valence-corrected chi connectivity index (χ3v) is 4.35. The molecule has 0 bridgehead atoms. The van der Waals surface area contributed by atoms with Crippen LogP contribution in [0.4, 0.5) is 0 Å². The number of benzene rings is 1. The predicted molar refractivity (Wildman–Crippen MR) is 84.9 cm³/mol. The highest BCUT2D eigenvalue weighted by Crippen LogP contribution is 2.35. The van der Waals surface area contributed by atoms with Gasteiger partial charge in [-0.2, -0.15) is 0 Å². The molecule has 0 radical (unpaired) electrons. The minimum Gasteiger partial charge on any atom is -0.489 e. The van der Waals surface area contributed by atoms with E-state index in [9.17, 15) is 9.59 Å². The highest BCUT2D eigenvalue weighted by Gasteiger charge is 2.38. The van der Waals surface area contributed by atoms with Gasteiger partial charge in [-0.25, -0.2) is 0 Å². The molecule has 124 valence electrons. The van der Waals surface area contributed by atoms with Crippen molar-refractivity contribution >= 4 is 11.8 Å². The smallest absolute Gasteiger partial charge is 0.254 e. The second kappa shape index (κ2) is 6.20. The molecule has 0 spiro atoms. The lowest BCUT2D eigenvalue weighted by Gasteiger charge is -2.11. The van der Waals surface area contributed by atoms with E-state index in [0.717, 1.165) is 12.0 Å². The van der Waals surface area contributed by atoms with Crippen molar-refractivity contribution in [2.45, 2.75) is 31.9 Å². The Morgan fingerprint density at radius 2 is 2.13 bits per heavy atom. The molecule has 0 saturated heterocycles. The van der Waals surface area contributed by atoms with Gasteiger partial charge in [0.15, 0.2) is 0 Å². The van der Waals surface area contributed by atoms with Crippen LogP contribution in [-0.2, 0) is 11.2 Å². The van der Waals surface area contributed by atoms with Gasteiger partial charge in [0.25, 0.3) is 11.8 Å². The van der Waals surface area contributed by atoms with Crippen LogP contribution in [0.15, 0.2) is 12.1 Å². The minimum absolute atomic E-state index is 0.0150. The number of amides is 2. The summed E-state index contributed by atoms with van der Waals surface area (Å²) in [4.78, 5) is 24.6. The summed E-state index contributed by atoms with van der Waals surface area (Å²) < 4.78 is 10.8. The quantitative estimate of drug-likeness (QED) is 0.853. The lowest BCUT2D eigenvalue weighted by atomic mass is 10.0. The topological polar surface area (TPSA) is 76.7 Å². The van der Waals surface area contributed by atoms with Crippen LogP contribution in [0.5, 0.6) is 5.75 Å². The maximum absolute atomic E-state index is 12.5. The molecule has 23 heavy (non-hydrogen) atoms. The number of carbonyl (C=O) groups is 2. The van der Waals surface area contributed by atoms with Crippen LogP contribution in [-0.4, -0.2) is 44.7 Å². The Kier molecular flexibility index (Phi) is 4.26.